The number of anilines is 1. The van der Waals surface area contributed by atoms with Gasteiger partial charge < -0.3 is 14.4 Å². The van der Waals surface area contributed by atoms with Crippen LogP contribution in [0.4, 0.5) is 5.82 Å². The number of hydrogen-bond donors (Lipinski definition) is 0. The molecule has 0 saturated heterocycles. The normalized spacial score (nSPS) is 10.8. The maximum absolute atomic E-state index is 6.19. The summed E-state index contributed by atoms with van der Waals surface area (Å²) in [6.07, 6.45) is 0. The van der Waals surface area contributed by atoms with Crippen molar-refractivity contribution in [3.63, 3.8) is 0 Å². The highest BCUT2D eigenvalue weighted by molar-refractivity contribution is 6.42. The van der Waals surface area contributed by atoms with Crippen molar-refractivity contribution in [1.29, 1.82) is 0 Å². The van der Waals surface area contributed by atoms with Crippen LogP contribution in [0.5, 0.6) is 0 Å². The molecule has 0 bridgehead atoms. The highest BCUT2D eigenvalue weighted by atomic mass is 35.5. The van der Waals surface area contributed by atoms with E-state index < -0.39 is 0 Å². The Labute approximate surface area is 134 Å². The van der Waals surface area contributed by atoms with E-state index in [1.54, 1.807) is 6.07 Å². The highest BCUT2D eigenvalue weighted by Gasteiger charge is 2.15. The fourth-order valence-electron chi connectivity index (χ4n) is 1.62. The molecule has 0 saturated carbocycles. The molecule has 0 fully saturated rings. The lowest BCUT2D eigenvalue weighted by Crippen LogP contribution is -2.32. The molecule has 1 aromatic heterocycles. The molecule has 4 nitrogen and oxygen atoms in total. The van der Waals surface area contributed by atoms with Crippen molar-refractivity contribution in [3.8, 4) is 0 Å². The average molecular weight is 342 g/mol. The van der Waals surface area contributed by atoms with Gasteiger partial charge in [0, 0.05) is 26.3 Å². The molecule has 0 amide bonds. The summed E-state index contributed by atoms with van der Waals surface area (Å²) in [7, 11) is 0. The zero-order valence-corrected chi connectivity index (χ0v) is 13.9. The van der Waals surface area contributed by atoms with Crippen LogP contribution in [0.3, 0.4) is 0 Å². The predicted octanol–water partition coefficient (Wildman–Crippen LogP) is 3.92. The third-order valence-corrected chi connectivity index (χ3v) is 3.54. The SMILES string of the molecule is CCOCCN(CCOCC)c1nc(Cl)c(Cl)cc1Cl. The van der Waals surface area contributed by atoms with E-state index in [0.717, 1.165) is 0 Å². The first-order valence-corrected chi connectivity index (χ1v) is 7.65. The minimum atomic E-state index is 0.240. The van der Waals surface area contributed by atoms with E-state index in [9.17, 15) is 0 Å². The largest absolute Gasteiger partial charge is 0.380 e. The maximum atomic E-state index is 6.19. The van der Waals surface area contributed by atoms with E-state index in [-0.39, 0.29) is 5.15 Å². The number of ether oxygens (including phenoxy) is 2. The minimum Gasteiger partial charge on any atom is -0.380 e. The topological polar surface area (TPSA) is 34.6 Å². The van der Waals surface area contributed by atoms with E-state index in [1.165, 1.54) is 0 Å². The highest BCUT2D eigenvalue weighted by Crippen LogP contribution is 2.31. The molecule has 1 aromatic rings. The van der Waals surface area contributed by atoms with Crippen LogP contribution in [0.1, 0.15) is 13.8 Å². The molecule has 20 heavy (non-hydrogen) atoms. The molecule has 0 radical (unpaired) electrons. The van der Waals surface area contributed by atoms with Crippen molar-refractivity contribution in [2.75, 3.05) is 44.4 Å². The number of hydrogen-bond acceptors (Lipinski definition) is 4. The van der Waals surface area contributed by atoms with Crippen molar-refractivity contribution < 1.29 is 9.47 Å². The Bertz CT molecular complexity index is 409. The first kappa shape index (κ1) is 17.8. The average Bonchev–Trinajstić information content (AvgIpc) is 2.42. The number of pyridine rings is 1. The Kier molecular flexibility index (Phi) is 8.57. The van der Waals surface area contributed by atoms with Crippen LogP contribution in [0.2, 0.25) is 15.2 Å². The van der Waals surface area contributed by atoms with Gasteiger partial charge in [0.05, 0.1) is 23.3 Å². The van der Waals surface area contributed by atoms with Crippen LogP contribution in [-0.2, 0) is 9.47 Å². The second-order valence-electron chi connectivity index (χ2n) is 3.95. The van der Waals surface area contributed by atoms with Crippen LogP contribution in [-0.4, -0.2) is 44.5 Å². The third-order valence-electron chi connectivity index (χ3n) is 2.59. The maximum Gasteiger partial charge on any atom is 0.150 e. The van der Waals surface area contributed by atoms with Crippen molar-refractivity contribution >= 4 is 40.6 Å². The van der Waals surface area contributed by atoms with Gasteiger partial charge in [0.1, 0.15) is 11.0 Å². The Morgan fingerprint density at radius 2 is 1.55 bits per heavy atom. The van der Waals surface area contributed by atoms with Crippen molar-refractivity contribution in [2.45, 2.75) is 13.8 Å². The van der Waals surface area contributed by atoms with E-state index >= 15 is 0 Å². The zero-order valence-electron chi connectivity index (χ0n) is 11.7. The lowest BCUT2D eigenvalue weighted by molar-refractivity contribution is 0.141. The molecule has 1 rings (SSSR count). The molecule has 0 atom stereocenters. The minimum absolute atomic E-state index is 0.240. The van der Waals surface area contributed by atoms with Gasteiger partial charge in [-0.2, -0.15) is 0 Å². The summed E-state index contributed by atoms with van der Waals surface area (Å²) in [5.41, 5.74) is 0. The van der Waals surface area contributed by atoms with Crippen molar-refractivity contribution in [2.24, 2.45) is 0 Å². The molecule has 0 aromatic carbocycles. The number of nitrogens with zero attached hydrogens (tertiary/aromatic N) is 2. The summed E-state index contributed by atoms with van der Waals surface area (Å²) in [6.45, 7) is 7.73. The van der Waals surface area contributed by atoms with Gasteiger partial charge in [0.25, 0.3) is 0 Å². The number of halogens is 3. The lowest BCUT2D eigenvalue weighted by atomic mass is 10.4. The van der Waals surface area contributed by atoms with Gasteiger partial charge in [-0.15, -0.1) is 0 Å². The molecule has 0 aliphatic heterocycles. The van der Waals surface area contributed by atoms with E-state index in [4.69, 9.17) is 44.3 Å². The molecule has 0 unspecified atom stereocenters. The van der Waals surface area contributed by atoms with Crippen molar-refractivity contribution in [3.05, 3.63) is 21.3 Å². The molecule has 0 aliphatic carbocycles. The molecule has 114 valence electrons. The monoisotopic (exact) mass is 340 g/mol. The van der Waals surface area contributed by atoms with Gasteiger partial charge in [0.2, 0.25) is 0 Å². The molecular weight excluding hydrogens is 323 g/mol. The summed E-state index contributed by atoms with van der Waals surface area (Å²) in [4.78, 5) is 6.23. The first-order chi connectivity index (χ1) is 9.60. The van der Waals surface area contributed by atoms with Crippen LogP contribution >= 0.6 is 34.8 Å². The quantitative estimate of drug-likeness (QED) is 0.503. The van der Waals surface area contributed by atoms with Gasteiger partial charge in [-0.1, -0.05) is 34.8 Å². The fourth-order valence-corrected chi connectivity index (χ4v) is 2.23. The molecule has 0 spiro atoms. The molecule has 1 heterocycles. The lowest BCUT2D eigenvalue weighted by Gasteiger charge is -2.24. The summed E-state index contributed by atoms with van der Waals surface area (Å²) >= 11 is 18.1. The van der Waals surface area contributed by atoms with E-state index in [2.05, 4.69) is 4.98 Å². The third kappa shape index (κ3) is 5.62. The van der Waals surface area contributed by atoms with E-state index in [1.807, 2.05) is 18.7 Å². The van der Waals surface area contributed by atoms with Gasteiger partial charge in [-0.25, -0.2) is 4.98 Å². The summed E-state index contributed by atoms with van der Waals surface area (Å²) in [5.74, 6) is 0.598. The van der Waals surface area contributed by atoms with Crippen LogP contribution in [0.25, 0.3) is 0 Å². The summed E-state index contributed by atoms with van der Waals surface area (Å²) < 4.78 is 10.7. The molecule has 0 aliphatic rings. The number of aromatic nitrogens is 1. The van der Waals surface area contributed by atoms with Crippen LogP contribution in [0, 0.1) is 0 Å². The second kappa shape index (κ2) is 9.64. The van der Waals surface area contributed by atoms with Gasteiger partial charge in [-0.3, -0.25) is 0 Å². The molecular formula is C13H19Cl3N2O2. The first-order valence-electron chi connectivity index (χ1n) is 6.52. The molecule has 0 N–H and O–H groups in total. The Hall–Kier alpha value is -0.260. The Morgan fingerprint density at radius 3 is 2.05 bits per heavy atom. The van der Waals surface area contributed by atoms with Crippen LogP contribution < -0.4 is 4.90 Å². The summed E-state index contributed by atoms with van der Waals surface area (Å²) in [6, 6.07) is 1.60. The van der Waals surface area contributed by atoms with Gasteiger partial charge >= 0.3 is 0 Å². The van der Waals surface area contributed by atoms with Gasteiger partial charge in [0.15, 0.2) is 0 Å². The zero-order chi connectivity index (χ0) is 15.0. The Morgan fingerprint density at radius 1 is 1.00 bits per heavy atom. The fraction of sp³-hybridized carbons (Fsp3) is 0.615. The van der Waals surface area contributed by atoms with Crippen LogP contribution in [0.15, 0.2) is 6.07 Å². The van der Waals surface area contributed by atoms with Gasteiger partial charge in [-0.05, 0) is 19.9 Å². The predicted molar refractivity (Wildman–Crippen MR) is 84.5 cm³/mol. The second-order valence-corrected chi connectivity index (χ2v) is 5.12. The molecule has 7 heteroatoms. The number of rotatable bonds is 9. The van der Waals surface area contributed by atoms with E-state index in [0.29, 0.717) is 55.4 Å². The smallest absolute Gasteiger partial charge is 0.150 e. The summed E-state index contributed by atoms with van der Waals surface area (Å²) in [5, 5.41) is 1.05. The van der Waals surface area contributed by atoms with Crippen molar-refractivity contribution in [1.82, 2.24) is 4.98 Å². The standard InChI is InChI=1S/C13H19Cl3N2O2/c1-3-19-7-5-18(6-8-20-4-2)13-11(15)9-10(14)12(16)17-13/h9H,3-8H2,1-2H3. The Balaban J connectivity index is 2.81.